The summed E-state index contributed by atoms with van der Waals surface area (Å²) in [6.45, 7) is 2.31. The van der Waals surface area contributed by atoms with E-state index in [1.54, 1.807) is 23.2 Å². The van der Waals surface area contributed by atoms with E-state index in [0.717, 1.165) is 6.42 Å². The van der Waals surface area contributed by atoms with Crippen LogP contribution in [0.5, 0.6) is 0 Å². The Morgan fingerprint density at radius 2 is 1.97 bits per heavy atom. The van der Waals surface area contributed by atoms with Crippen molar-refractivity contribution in [2.75, 3.05) is 5.32 Å². The van der Waals surface area contributed by atoms with Gasteiger partial charge in [0, 0.05) is 30.4 Å². The molecule has 2 amide bonds. The standard InChI is InChI=1S/C25H23N5O4S/c1-2-17-9-11-18(12-10-17)28-25-29(16-20-6-3-4-13-26-20)24(32)22(35-25)15-23(31)27-19-7-5-8-21(14-19)30(33)34/h3-14,22H,2,15-16H2,1H3,(H,27,31). The topological polar surface area (TPSA) is 118 Å². The van der Waals surface area contributed by atoms with E-state index in [1.807, 2.05) is 36.4 Å². The molecule has 1 N–H and O–H groups in total. The Hall–Kier alpha value is -4.05. The van der Waals surface area contributed by atoms with Crippen molar-refractivity contribution in [3.63, 3.8) is 0 Å². The van der Waals surface area contributed by atoms with Crippen molar-refractivity contribution in [2.24, 2.45) is 4.99 Å². The number of pyridine rings is 1. The van der Waals surface area contributed by atoms with Crippen LogP contribution in [0.2, 0.25) is 0 Å². The van der Waals surface area contributed by atoms with Crippen LogP contribution < -0.4 is 5.32 Å². The molecule has 35 heavy (non-hydrogen) atoms. The minimum Gasteiger partial charge on any atom is -0.326 e. The molecular weight excluding hydrogens is 466 g/mol. The van der Waals surface area contributed by atoms with Gasteiger partial charge >= 0.3 is 0 Å². The molecule has 3 aromatic rings. The van der Waals surface area contributed by atoms with Gasteiger partial charge in [0.2, 0.25) is 11.8 Å². The number of non-ortho nitro benzene ring substituents is 1. The van der Waals surface area contributed by atoms with Crippen LogP contribution in [0.1, 0.15) is 24.6 Å². The van der Waals surface area contributed by atoms with Gasteiger partial charge in [-0.05, 0) is 42.3 Å². The number of carbonyl (C=O) groups excluding carboxylic acids is 2. The van der Waals surface area contributed by atoms with E-state index in [0.29, 0.717) is 22.2 Å². The number of carbonyl (C=O) groups is 2. The lowest BCUT2D eigenvalue weighted by Gasteiger charge is -2.16. The van der Waals surface area contributed by atoms with E-state index < -0.39 is 16.1 Å². The van der Waals surface area contributed by atoms with Gasteiger partial charge in [-0.15, -0.1) is 0 Å². The molecule has 1 unspecified atom stereocenters. The molecule has 0 aliphatic carbocycles. The Kier molecular flexibility index (Phi) is 7.51. The molecule has 178 valence electrons. The van der Waals surface area contributed by atoms with Gasteiger partial charge in [0.05, 0.1) is 22.8 Å². The van der Waals surface area contributed by atoms with Crippen LogP contribution in [0.15, 0.2) is 77.9 Å². The van der Waals surface area contributed by atoms with Gasteiger partial charge in [0.1, 0.15) is 5.25 Å². The fourth-order valence-electron chi connectivity index (χ4n) is 3.52. The number of hydrogen-bond acceptors (Lipinski definition) is 7. The largest absolute Gasteiger partial charge is 0.326 e. The van der Waals surface area contributed by atoms with Gasteiger partial charge < -0.3 is 5.32 Å². The van der Waals surface area contributed by atoms with Crippen LogP contribution in [0.25, 0.3) is 0 Å². The van der Waals surface area contributed by atoms with Crippen LogP contribution in [0, 0.1) is 10.1 Å². The number of nitro groups is 1. The summed E-state index contributed by atoms with van der Waals surface area (Å²) in [5, 5.41) is 13.5. The van der Waals surface area contributed by atoms with Gasteiger partial charge in [-0.25, -0.2) is 4.99 Å². The number of nitrogens with zero attached hydrogens (tertiary/aromatic N) is 4. The molecule has 0 saturated carbocycles. The van der Waals surface area contributed by atoms with Crippen molar-refractivity contribution in [1.29, 1.82) is 0 Å². The van der Waals surface area contributed by atoms with Crippen molar-refractivity contribution in [2.45, 2.75) is 31.6 Å². The molecule has 1 aliphatic heterocycles. The highest BCUT2D eigenvalue weighted by molar-refractivity contribution is 8.15. The summed E-state index contributed by atoms with van der Waals surface area (Å²) < 4.78 is 0. The number of amides is 2. The lowest BCUT2D eigenvalue weighted by Crippen LogP contribution is -2.33. The number of nitrogens with one attached hydrogen (secondary N) is 1. The Labute approximate surface area is 206 Å². The molecule has 1 saturated heterocycles. The Balaban J connectivity index is 1.53. The first-order valence-corrected chi connectivity index (χ1v) is 11.9. The lowest BCUT2D eigenvalue weighted by atomic mass is 10.2. The maximum atomic E-state index is 13.3. The third kappa shape index (κ3) is 6.10. The Bertz CT molecular complexity index is 1260. The third-order valence-corrected chi connectivity index (χ3v) is 6.52. The number of anilines is 1. The predicted molar refractivity (Wildman–Crippen MR) is 135 cm³/mol. The van der Waals surface area contributed by atoms with Gasteiger partial charge in [-0.1, -0.05) is 43.0 Å². The van der Waals surface area contributed by atoms with Crippen LogP contribution >= 0.6 is 11.8 Å². The molecule has 2 aromatic carbocycles. The number of aliphatic imine (C=N–C) groups is 1. The quantitative estimate of drug-likeness (QED) is 0.362. The molecule has 10 heteroatoms. The van der Waals surface area contributed by atoms with Gasteiger partial charge in [-0.2, -0.15) is 0 Å². The smallest absolute Gasteiger partial charge is 0.271 e. The highest BCUT2D eigenvalue weighted by Gasteiger charge is 2.39. The first kappa shape index (κ1) is 24.1. The van der Waals surface area contributed by atoms with E-state index >= 15 is 0 Å². The van der Waals surface area contributed by atoms with Crippen molar-refractivity contribution in [3.05, 3.63) is 94.3 Å². The minimum absolute atomic E-state index is 0.0985. The summed E-state index contributed by atoms with van der Waals surface area (Å²) in [6.07, 6.45) is 2.48. The van der Waals surface area contributed by atoms with E-state index in [2.05, 4.69) is 22.2 Å². The number of rotatable bonds is 8. The summed E-state index contributed by atoms with van der Waals surface area (Å²) in [5.74, 6) is -0.651. The number of amidine groups is 1. The second kappa shape index (κ2) is 10.9. The van der Waals surface area contributed by atoms with Crippen LogP contribution in [0.4, 0.5) is 17.1 Å². The molecule has 1 aromatic heterocycles. The minimum atomic E-state index is -0.675. The second-order valence-electron chi connectivity index (χ2n) is 7.83. The maximum Gasteiger partial charge on any atom is 0.271 e. The summed E-state index contributed by atoms with van der Waals surface area (Å²) in [6, 6.07) is 18.9. The highest BCUT2D eigenvalue weighted by Crippen LogP contribution is 2.33. The number of benzene rings is 2. The SMILES string of the molecule is CCc1ccc(N=C2SC(CC(=O)Nc3cccc([N+](=O)[O-])c3)C(=O)N2Cc2ccccn2)cc1. The summed E-state index contributed by atoms with van der Waals surface area (Å²) in [7, 11) is 0. The van der Waals surface area contributed by atoms with Crippen LogP contribution in [0.3, 0.4) is 0 Å². The molecule has 1 aliphatic rings. The number of hydrogen-bond donors (Lipinski definition) is 1. The summed E-state index contributed by atoms with van der Waals surface area (Å²) in [4.78, 5) is 47.0. The molecule has 1 fully saturated rings. The lowest BCUT2D eigenvalue weighted by molar-refractivity contribution is -0.384. The van der Waals surface area contributed by atoms with Crippen LogP contribution in [-0.2, 0) is 22.6 Å². The van der Waals surface area contributed by atoms with E-state index in [1.165, 1.54) is 35.5 Å². The molecule has 1 atom stereocenters. The Morgan fingerprint density at radius 3 is 2.66 bits per heavy atom. The highest BCUT2D eigenvalue weighted by atomic mass is 32.2. The van der Waals surface area contributed by atoms with Crippen molar-refractivity contribution in [3.8, 4) is 0 Å². The molecule has 9 nitrogen and oxygen atoms in total. The normalized spacial score (nSPS) is 16.5. The van der Waals surface area contributed by atoms with Crippen molar-refractivity contribution < 1.29 is 14.5 Å². The van der Waals surface area contributed by atoms with Crippen LogP contribution in [-0.4, -0.2) is 37.0 Å². The molecule has 0 spiro atoms. The maximum absolute atomic E-state index is 13.3. The Morgan fingerprint density at radius 1 is 1.17 bits per heavy atom. The molecule has 4 rings (SSSR count). The number of aryl methyl sites for hydroxylation is 1. The average molecular weight is 490 g/mol. The summed E-state index contributed by atoms with van der Waals surface area (Å²) >= 11 is 1.23. The van der Waals surface area contributed by atoms with Gasteiger partial charge in [0.25, 0.3) is 5.69 Å². The predicted octanol–water partition coefficient (Wildman–Crippen LogP) is 4.71. The molecule has 0 radical (unpaired) electrons. The number of thioether (sulfide) groups is 1. The fraction of sp³-hybridized carbons (Fsp3) is 0.200. The van der Waals surface area contributed by atoms with Crippen molar-refractivity contribution in [1.82, 2.24) is 9.88 Å². The van der Waals surface area contributed by atoms with E-state index in [9.17, 15) is 19.7 Å². The molecule has 0 bridgehead atoms. The zero-order chi connectivity index (χ0) is 24.8. The zero-order valence-electron chi connectivity index (χ0n) is 19.0. The average Bonchev–Trinajstić information content (AvgIpc) is 3.14. The van der Waals surface area contributed by atoms with Crippen molar-refractivity contribution >= 4 is 45.8 Å². The first-order chi connectivity index (χ1) is 16.9. The number of nitro benzene ring substituents is 1. The van der Waals surface area contributed by atoms with Gasteiger partial charge in [-0.3, -0.25) is 29.6 Å². The third-order valence-electron chi connectivity index (χ3n) is 5.35. The summed E-state index contributed by atoms with van der Waals surface area (Å²) in [5.41, 5.74) is 2.78. The molecule has 2 heterocycles. The van der Waals surface area contributed by atoms with Gasteiger partial charge in [0.15, 0.2) is 5.17 Å². The second-order valence-corrected chi connectivity index (χ2v) is 9.00. The van der Waals surface area contributed by atoms with E-state index in [4.69, 9.17) is 0 Å². The number of aromatic nitrogens is 1. The van der Waals surface area contributed by atoms with E-state index in [-0.39, 0.29) is 24.6 Å². The zero-order valence-corrected chi connectivity index (χ0v) is 19.8. The fourth-order valence-corrected chi connectivity index (χ4v) is 4.68. The first-order valence-electron chi connectivity index (χ1n) is 11.0. The monoisotopic (exact) mass is 489 g/mol. The molecular formula is C25H23N5O4S.